The maximum absolute atomic E-state index is 11.6. The summed E-state index contributed by atoms with van der Waals surface area (Å²) in [6.45, 7) is 6.59. The molecular weight excluding hydrogens is 354 g/mol. The molecule has 0 saturated carbocycles. The second-order valence-corrected chi connectivity index (χ2v) is 8.12. The van der Waals surface area contributed by atoms with Crippen LogP contribution in [0.3, 0.4) is 0 Å². The highest BCUT2D eigenvalue weighted by Gasteiger charge is 2.29. The van der Waals surface area contributed by atoms with E-state index in [1.54, 1.807) is 29.6 Å². The van der Waals surface area contributed by atoms with Crippen LogP contribution in [0.4, 0.5) is 5.00 Å². The number of fused-ring (bicyclic) bond motifs is 2. The first-order valence-electron chi connectivity index (χ1n) is 8.24. The van der Waals surface area contributed by atoms with Crippen molar-refractivity contribution in [3.05, 3.63) is 34.7 Å². The Hall–Kier alpha value is -1.80. The summed E-state index contributed by atoms with van der Waals surface area (Å²) < 4.78 is 6.72. The number of nitrogens with one attached hydrogen (secondary N) is 1. The number of thiophene rings is 1. The van der Waals surface area contributed by atoms with Gasteiger partial charge in [0.2, 0.25) is 5.91 Å². The van der Waals surface area contributed by atoms with Crippen LogP contribution in [0.15, 0.2) is 24.3 Å². The van der Waals surface area contributed by atoms with Crippen molar-refractivity contribution in [1.29, 1.82) is 0 Å². The fourth-order valence-corrected chi connectivity index (χ4v) is 5.46. The predicted molar refractivity (Wildman–Crippen MR) is 103 cm³/mol. The second kappa shape index (κ2) is 6.84. The van der Waals surface area contributed by atoms with Crippen molar-refractivity contribution >= 4 is 43.8 Å². The van der Waals surface area contributed by atoms with Gasteiger partial charge in [-0.1, -0.05) is 12.1 Å². The van der Waals surface area contributed by atoms with Gasteiger partial charge < -0.3 is 10.1 Å². The number of benzene rings is 1. The number of nitrogens with zero attached hydrogens (tertiary/aromatic N) is 2. The predicted octanol–water partition coefficient (Wildman–Crippen LogP) is 4.29. The lowest BCUT2D eigenvalue weighted by atomic mass is 10.1. The van der Waals surface area contributed by atoms with E-state index < -0.39 is 0 Å². The number of hydrogen-bond acceptors (Lipinski definition) is 6. The van der Waals surface area contributed by atoms with E-state index in [9.17, 15) is 4.79 Å². The lowest BCUT2D eigenvalue weighted by Crippen LogP contribution is -2.20. The average molecular weight is 374 g/mol. The highest BCUT2D eigenvalue weighted by atomic mass is 32.1. The number of ether oxygens (including phenoxy) is 1. The van der Waals surface area contributed by atoms with Crippen molar-refractivity contribution in [2.24, 2.45) is 0 Å². The zero-order chi connectivity index (χ0) is 17.4. The number of amides is 1. The summed E-state index contributed by atoms with van der Waals surface area (Å²) in [6.07, 6.45) is 0. The van der Waals surface area contributed by atoms with E-state index >= 15 is 0 Å². The van der Waals surface area contributed by atoms with Gasteiger partial charge in [0, 0.05) is 31.5 Å². The molecule has 0 spiro atoms. The standard InChI is InChI=1S/C18H19N3O2S2/c1-3-23-10-21-8-12-15(9-21)25-17(19-11(2)22)16(12)18-20-13-6-4-5-7-14(13)24-18/h4-7H,3,8-10H2,1-2H3,(H,19,22). The molecule has 0 saturated heterocycles. The molecule has 1 aromatic carbocycles. The fourth-order valence-electron chi connectivity index (χ4n) is 3.05. The smallest absolute Gasteiger partial charge is 0.221 e. The van der Waals surface area contributed by atoms with Gasteiger partial charge in [0.25, 0.3) is 0 Å². The van der Waals surface area contributed by atoms with Crippen LogP contribution in [-0.4, -0.2) is 29.1 Å². The molecule has 5 nitrogen and oxygen atoms in total. The maximum Gasteiger partial charge on any atom is 0.221 e. The third kappa shape index (κ3) is 3.20. The Labute approximate surface area is 154 Å². The van der Waals surface area contributed by atoms with Gasteiger partial charge in [0.1, 0.15) is 10.0 Å². The van der Waals surface area contributed by atoms with Crippen molar-refractivity contribution < 1.29 is 9.53 Å². The molecule has 0 bridgehead atoms. The first-order chi connectivity index (χ1) is 12.2. The third-order valence-corrected chi connectivity index (χ3v) is 6.30. The van der Waals surface area contributed by atoms with Gasteiger partial charge in [0.05, 0.1) is 22.5 Å². The molecule has 3 heterocycles. The van der Waals surface area contributed by atoms with Crippen molar-refractivity contribution in [3.63, 3.8) is 0 Å². The van der Waals surface area contributed by atoms with Gasteiger partial charge in [0.15, 0.2) is 0 Å². The molecule has 0 fully saturated rings. The van der Waals surface area contributed by atoms with Crippen molar-refractivity contribution in [2.75, 3.05) is 18.7 Å². The number of para-hydroxylation sites is 1. The first-order valence-corrected chi connectivity index (χ1v) is 9.87. The summed E-state index contributed by atoms with van der Waals surface area (Å²) in [7, 11) is 0. The fraction of sp³-hybridized carbons (Fsp3) is 0.333. The monoisotopic (exact) mass is 373 g/mol. The molecule has 0 aliphatic carbocycles. The summed E-state index contributed by atoms with van der Waals surface area (Å²) in [5.41, 5.74) is 3.35. The van der Waals surface area contributed by atoms with Gasteiger partial charge in [-0.05, 0) is 24.6 Å². The lowest BCUT2D eigenvalue weighted by Gasteiger charge is -2.15. The van der Waals surface area contributed by atoms with Gasteiger partial charge >= 0.3 is 0 Å². The van der Waals surface area contributed by atoms with Gasteiger partial charge in [-0.2, -0.15) is 0 Å². The Balaban J connectivity index is 1.76. The highest BCUT2D eigenvalue weighted by molar-refractivity contribution is 7.22. The summed E-state index contributed by atoms with van der Waals surface area (Å²) in [4.78, 5) is 20.0. The number of rotatable bonds is 5. The van der Waals surface area contributed by atoms with Gasteiger partial charge in [-0.15, -0.1) is 22.7 Å². The van der Waals surface area contributed by atoms with Crippen LogP contribution < -0.4 is 5.32 Å². The summed E-state index contributed by atoms with van der Waals surface area (Å²) in [5.74, 6) is -0.0477. The quantitative estimate of drug-likeness (QED) is 0.725. The molecule has 0 radical (unpaired) electrons. The van der Waals surface area contributed by atoms with E-state index in [0.29, 0.717) is 13.3 Å². The normalized spacial score (nSPS) is 14.2. The molecule has 25 heavy (non-hydrogen) atoms. The summed E-state index contributed by atoms with van der Waals surface area (Å²) in [5, 5.41) is 4.88. The molecule has 0 unspecified atom stereocenters. The van der Waals surface area contributed by atoms with E-state index in [1.165, 1.54) is 10.4 Å². The van der Waals surface area contributed by atoms with Crippen LogP contribution in [0.2, 0.25) is 0 Å². The van der Waals surface area contributed by atoms with Crippen molar-refractivity contribution in [1.82, 2.24) is 9.88 Å². The number of aromatic nitrogens is 1. The minimum atomic E-state index is -0.0477. The molecule has 3 aromatic rings. The number of carbonyl (C=O) groups excluding carboxylic acids is 1. The minimum Gasteiger partial charge on any atom is -0.366 e. The van der Waals surface area contributed by atoms with Crippen LogP contribution in [0, 0.1) is 0 Å². The topological polar surface area (TPSA) is 54.5 Å². The zero-order valence-corrected chi connectivity index (χ0v) is 15.8. The minimum absolute atomic E-state index is 0.0477. The van der Waals surface area contributed by atoms with Gasteiger partial charge in [-0.25, -0.2) is 4.98 Å². The van der Waals surface area contributed by atoms with E-state index in [-0.39, 0.29) is 5.91 Å². The third-order valence-electron chi connectivity index (χ3n) is 4.11. The Morgan fingerprint density at radius 1 is 1.32 bits per heavy atom. The Kier molecular flexibility index (Phi) is 4.56. The SMILES string of the molecule is CCOCN1Cc2sc(NC(C)=O)c(-c3nc4ccccc4s3)c2C1. The van der Waals surface area contributed by atoms with Gasteiger partial charge in [-0.3, -0.25) is 9.69 Å². The zero-order valence-electron chi connectivity index (χ0n) is 14.2. The van der Waals surface area contributed by atoms with Crippen LogP contribution in [0.25, 0.3) is 20.8 Å². The average Bonchev–Trinajstić information content (AvgIpc) is 3.23. The van der Waals surface area contributed by atoms with E-state index in [4.69, 9.17) is 9.72 Å². The Morgan fingerprint density at radius 2 is 2.16 bits per heavy atom. The summed E-state index contributed by atoms with van der Waals surface area (Å²) >= 11 is 3.33. The molecular formula is C18H19N3O2S2. The number of hydrogen-bond donors (Lipinski definition) is 1. The molecule has 1 aliphatic rings. The van der Waals surface area contributed by atoms with E-state index in [1.807, 2.05) is 25.1 Å². The molecule has 1 aliphatic heterocycles. The van der Waals surface area contributed by atoms with Crippen LogP contribution in [0.1, 0.15) is 24.3 Å². The number of thiazole rings is 1. The number of carbonyl (C=O) groups is 1. The van der Waals surface area contributed by atoms with Crippen LogP contribution in [-0.2, 0) is 22.6 Å². The highest BCUT2D eigenvalue weighted by Crippen LogP contribution is 2.46. The molecule has 0 atom stereocenters. The van der Waals surface area contributed by atoms with Crippen LogP contribution in [0.5, 0.6) is 0 Å². The van der Waals surface area contributed by atoms with E-state index in [0.717, 1.165) is 38.9 Å². The maximum atomic E-state index is 11.6. The molecule has 7 heteroatoms. The van der Waals surface area contributed by atoms with Crippen molar-refractivity contribution in [3.8, 4) is 10.6 Å². The number of anilines is 1. The lowest BCUT2D eigenvalue weighted by molar-refractivity contribution is -0.114. The Bertz CT molecular complexity index is 899. The largest absolute Gasteiger partial charge is 0.366 e. The van der Waals surface area contributed by atoms with Crippen molar-refractivity contribution in [2.45, 2.75) is 26.9 Å². The Morgan fingerprint density at radius 3 is 2.92 bits per heavy atom. The summed E-state index contributed by atoms with van der Waals surface area (Å²) in [6, 6.07) is 8.15. The first kappa shape index (κ1) is 16.7. The second-order valence-electron chi connectivity index (χ2n) is 5.98. The van der Waals surface area contributed by atoms with Crippen LogP contribution >= 0.6 is 22.7 Å². The molecule has 4 rings (SSSR count). The molecule has 1 amide bonds. The van der Waals surface area contributed by atoms with E-state index in [2.05, 4.69) is 16.3 Å². The molecule has 1 N–H and O–H groups in total. The molecule has 2 aromatic heterocycles. The molecule has 130 valence electrons.